The molecule has 2 N–H and O–H groups in total. The molecule has 0 unspecified atom stereocenters. The van der Waals surface area contributed by atoms with E-state index in [1.165, 1.54) is 0 Å². The molecule has 2 aromatic rings. The topological polar surface area (TPSA) is 49.3 Å². The highest BCUT2D eigenvalue weighted by molar-refractivity contribution is 9.10. The van der Waals surface area contributed by atoms with Gasteiger partial charge >= 0.3 is 5.97 Å². The van der Waals surface area contributed by atoms with Gasteiger partial charge in [0.05, 0.1) is 22.8 Å². The molecule has 0 atom stereocenters. The molecule has 0 aliphatic carbocycles. The molecule has 0 fully saturated rings. The summed E-state index contributed by atoms with van der Waals surface area (Å²) in [5.74, 6) is -0.867. The van der Waals surface area contributed by atoms with Crippen LogP contribution >= 0.6 is 27.5 Å². The normalized spacial score (nSPS) is 10.2. The number of nitrogens with one attached hydrogen (secondary N) is 1. The molecule has 0 aromatic heterocycles. The average molecular weight is 341 g/mol. The second-order valence-corrected chi connectivity index (χ2v) is 5.25. The molecule has 0 radical (unpaired) electrons. The summed E-state index contributed by atoms with van der Waals surface area (Å²) in [6, 6.07) is 12.8. The summed E-state index contributed by atoms with van der Waals surface area (Å²) in [4.78, 5) is 10.7. The average Bonchev–Trinajstić information content (AvgIpc) is 2.35. The van der Waals surface area contributed by atoms with Crippen molar-refractivity contribution in [2.75, 3.05) is 5.32 Å². The summed E-state index contributed by atoms with van der Waals surface area (Å²) < 4.78 is 0.912. The Balaban J connectivity index is 2.29. The zero-order valence-electron chi connectivity index (χ0n) is 9.86. The van der Waals surface area contributed by atoms with Crippen molar-refractivity contribution in [3.05, 3.63) is 57.5 Å². The summed E-state index contributed by atoms with van der Waals surface area (Å²) in [5.41, 5.74) is 2.26. The van der Waals surface area contributed by atoms with Crippen molar-refractivity contribution in [3.8, 4) is 0 Å². The number of hydrogen-bond acceptors (Lipinski definition) is 2. The van der Waals surface area contributed by atoms with E-state index < -0.39 is 5.97 Å². The number of carboxylic acid groups (broad SMARTS) is 1. The van der Waals surface area contributed by atoms with E-state index in [-0.39, 0.29) is 6.42 Å². The van der Waals surface area contributed by atoms with Gasteiger partial charge in [-0.2, -0.15) is 0 Å². The van der Waals surface area contributed by atoms with E-state index in [0.29, 0.717) is 16.3 Å². The molecule has 3 nitrogen and oxygen atoms in total. The molecular formula is C14H11BrClNO2. The summed E-state index contributed by atoms with van der Waals surface area (Å²) >= 11 is 9.55. The number of rotatable bonds is 4. The number of anilines is 2. The van der Waals surface area contributed by atoms with Crippen LogP contribution in [0.25, 0.3) is 0 Å². The van der Waals surface area contributed by atoms with Crippen LogP contribution in [-0.2, 0) is 11.2 Å². The first kappa shape index (κ1) is 13.9. The Morgan fingerprint density at radius 1 is 1.21 bits per heavy atom. The number of carbonyl (C=O) groups is 1. The largest absolute Gasteiger partial charge is 0.481 e. The number of carboxylic acids is 1. The lowest BCUT2D eigenvalue weighted by atomic mass is 10.1. The minimum atomic E-state index is -0.867. The van der Waals surface area contributed by atoms with Gasteiger partial charge in [-0.3, -0.25) is 4.79 Å². The number of hydrogen-bond donors (Lipinski definition) is 2. The van der Waals surface area contributed by atoms with Crippen LogP contribution in [0.15, 0.2) is 46.9 Å². The van der Waals surface area contributed by atoms with Gasteiger partial charge in [-0.05, 0) is 45.8 Å². The Morgan fingerprint density at radius 2 is 1.95 bits per heavy atom. The molecule has 0 saturated carbocycles. The highest BCUT2D eigenvalue weighted by atomic mass is 79.9. The molecule has 0 aliphatic rings. The first-order chi connectivity index (χ1) is 9.06. The van der Waals surface area contributed by atoms with E-state index in [2.05, 4.69) is 21.2 Å². The minimum Gasteiger partial charge on any atom is -0.481 e. The van der Waals surface area contributed by atoms with Crippen LogP contribution in [0, 0.1) is 0 Å². The SMILES string of the molecule is O=C(O)Cc1ccc(Cl)c(Nc2ccccc2Br)c1. The maximum Gasteiger partial charge on any atom is 0.307 e. The predicted molar refractivity (Wildman–Crippen MR) is 80.2 cm³/mol. The summed E-state index contributed by atoms with van der Waals surface area (Å²) in [6.07, 6.45) is -0.0260. The fraction of sp³-hybridized carbons (Fsp3) is 0.0714. The van der Waals surface area contributed by atoms with Crippen LogP contribution in [-0.4, -0.2) is 11.1 Å². The Hall–Kier alpha value is -1.52. The zero-order valence-corrected chi connectivity index (χ0v) is 12.2. The van der Waals surface area contributed by atoms with E-state index in [0.717, 1.165) is 10.2 Å². The van der Waals surface area contributed by atoms with E-state index >= 15 is 0 Å². The van der Waals surface area contributed by atoms with Gasteiger partial charge in [0.1, 0.15) is 0 Å². The van der Waals surface area contributed by atoms with Gasteiger partial charge in [-0.15, -0.1) is 0 Å². The third-order valence-corrected chi connectivity index (χ3v) is 3.55. The lowest BCUT2D eigenvalue weighted by molar-refractivity contribution is -0.136. The van der Waals surface area contributed by atoms with E-state index in [1.807, 2.05) is 24.3 Å². The fourth-order valence-electron chi connectivity index (χ4n) is 1.66. The van der Waals surface area contributed by atoms with Gasteiger partial charge in [0.25, 0.3) is 0 Å². The first-order valence-electron chi connectivity index (χ1n) is 5.58. The van der Waals surface area contributed by atoms with Crippen molar-refractivity contribution in [1.82, 2.24) is 0 Å². The lowest BCUT2D eigenvalue weighted by Crippen LogP contribution is -2.01. The Labute approximate surface area is 124 Å². The van der Waals surface area contributed by atoms with Crippen LogP contribution in [0.2, 0.25) is 5.02 Å². The number of aliphatic carboxylic acids is 1. The van der Waals surface area contributed by atoms with Crippen LogP contribution in [0.3, 0.4) is 0 Å². The standard InChI is InChI=1S/C14H11BrClNO2/c15-10-3-1-2-4-12(10)17-13-7-9(8-14(18)19)5-6-11(13)16/h1-7,17H,8H2,(H,18,19). The summed E-state index contributed by atoms with van der Waals surface area (Å²) in [5, 5.41) is 12.5. The van der Waals surface area contributed by atoms with Gasteiger partial charge in [0.15, 0.2) is 0 Å². The van der Waals surface area contributed by atoms with Crippen molar-refractivity contribution < 1.29 is 9.90 Å². The van der Waals surface area contributed by atoms with Gasteiger partial charge in [-0.25, -0.2) is 0 Å². The second kappa shape index (κ2) is 6.08. The third kappa shape index (κ3) is 3.72. The van der Waals surface area contributed by atoms with Crippen molar-refractivity contribution in [3.63, 3.8) is 0 Å². The van der Waals surface area contributed by atoms with E-state index in [9.17, 15) is 4.79 Å². The Morgan fingerprint density at radius 3 is 2.63 bits per heavy atom. The van der Waals surface area contributed by atoms with Gasteiger partial charge in [0, 0.05) is 4.47 Å². The monoisotopic (exact) mass is 339 g/mol. The molecule has 5 heteroatoms. The second-order valence-electron chi connectivity index (χ2n) is 3.99. The van der Waals surface area contributed by atoms with Gasteiger partial charge < -0.3 is 10.4 Å². The van der Waals surface area contributed by atoms with Crippen LogP contribution in [0.4, 0.5) is 11.4 Å². The molecule has 0 amide bonds. The summed E-state index contributed by atoms with van der Waals surface area (Å²) in [6.45, 7) is 0. The van der Waals surface area contributed by atoms with Crippen LogP contribution in [0.1, 0.15) is 5.56 Å². The van der Waals surface area contributed by atoms with E-state index in [4.69, 9.17) is 16.7 Å². The highest BCUT2D eigenvalue weighted by Crippen LogP contribution is 2.30. The van der Waals surface area contributed by atoms with Crippen molar-refractivity contribution in [1.29, 1.82) is 0 Å². The third-order valence-electron chi connectivity index (χ3n) is 2.53. The van der Waals surface area contributed by atoms with Crippen molar-refractivity contribution in [2.24, 2.45) is 0 Å². The Bertz CT molecular complexity index is 616. The zero-order chi connectivity index (χ0) is 13.8. The molecule has 0 saturated heterocycles. The van der Waals surface area contributed by atoms with Crippen LogP contribution < -0.4 is 5.32 Å². The first-order valence-corrected chi connectivity index (χ1v) is 6.75. The van der Waals surface area contributed by atoms with E-state index in [1.54, 1.807) is 18.2 Å². The maximum absolute atomic E-state index is 10.7. The van der Waals surface area contributed by atoms with Crippen molar-refractivity contribution in [2.45, 2.75) is 6.42 Å². The predicted octanol–water partition coefficient (Wildman–Crippen LogP) is 4.47. The molecule has 19 heavy (non-hydrogen) atoms. The summed E-state index contributed by atoms with van der Waals surface area (Å²) in [7, 11) is 0. The molecular weight excluding hydrogens is 330 g/mol. The smallest absolute Gasteiger partial charge is 0.307 e. The molecule has 0 aliphatic heterocycles. The number of benzene rings is 2. The Kier molecular flexibility index (Phi) is 4.45. The molecule has 0 bridgehead atoms. The van der Waals surface area contributed by atoms with Crippen molar-refractivity contribution >= 4 is 44.9 Å². The maximum atomic E-state index is 10.7. The van der Waals surface area contributed by atoms with Crippen LogP contribution in [0.5, 0.6) is 0 Å². The van der Waals surface area contributed by atoms with Gasteiger partial charge in [0.2, 0.25) is 0 Å². The molecule has 0 heterocycles. The highest BCUT2D eigenvalue weighted by Gasteiger charge is 2.07. The quantitative estimate of drug-likeness (QED) is 0.863. The lowest BCUT2D eigenvalue weighted by Gasteiger charge is -2.11. The number of halogens is 2. The minimum absolute atomic E-state index is 0.0260. The molecule has 2 aromatic carbocycles. The molecule has 0 spiro atoms. The van der Waals surface area contributed by atoms with Gasteiger partial charge in [-0.1, -0.05) is 29.8 Å². The fourth-order valence-corrected chi connectivity index (χ4v) is 2.21. The number of para-hydroxylation sites is 1. The molecule has 98 valence electrons. The molecule has 2 rings (SSSR count).